The van der Waals surface area contributed by atoms with Crippen LogP contribution in [0.15, 0.2) is 18.6 Å². The Kier molecular flexibility index (Phi) is 2.55. The molecule has 2 aromatic rings. The summed E-state index contributed by atoms with van der Waals surface area (Å²) in [5.41, 5.74) is 3.65. The van der Waals surface area contributed by atoms with E-state index in [1.165, 1.54) is 6.33 Å². The molecule has 1 N–H and O–H groups in total. The van der Waals surface area contributed by atoms with Crippen LogP contribution in [0.2, 0.25) is 0 Å². The Labute approximate surface area is 88.0 Å². The molecule has 0 radical (unpaired) electrons. The first-order valence-electron chi connectivity index (χ1n) is 4.84. The molecule has 0 atom stereocenters. The highest BCUT2D eigenvalue weighted by atomic mass is 16.6. The molecule has 0 saturated carbocycles. The number of hydrogen-bond acceptors (Lipinski definition) is 4. The highest BCUT2D eigenvalue weighted by Crippen LogP contribution is 2.22. The number of nitrogens with zero attached hydrogens (tertiary/aromatic N) is 3. The van der Waals surface area contributed by atoms with Gasteiger partial charge in [0.1, 0.15) is 12.0 Å². The monoisotopic (exact) mass is 206 g/mol. The molecule has 0 fully saturated rings. The number of nitrogens with one attached hydrogen (secondary N) is 1. The van der Waals surface area contributed by atoms with Crippen molar-refractivity contribution in [1.29, 1.82) is 0 Å². The standard InChI is InChI=1S/C10H14N4O/c1-7(2)14-5-4-8-9(13-15-3)11-6-12-10(8)14/h4-7H,1-3H3,(H,11,12,13). The van der Waals surface area contributed by atoms with Crippen molar-refractivity contribution in [1.82, 2.24) is 14.5 Å². The number of rotatable bonds is 3. The maximum Gasteiger partial charge on any atom is 0.162 e. The van der Waals surface area contributed by atoms with Gasteiger partial charge in [-0.3, -0.25) is 4.84 Å². The summed E-state index contributed by atoms with van der Waals surface area (Å²) in [6, 6.07) is 2.37. The molecular formula is C10H14N4O. The lowest BCUT2D eigenvalue weighted by Crippen LogP contribution is -2.02. The number of anilines is 1. The lowest BCUT2D eigenvalue weighted by Gasteiger charge is -2.08. The van der Waals surface area contributed by atoms with E-state index in [-0.39, 0.29) is 0 Å². The van der Waals surface area contributed by atoms with Gasteiger partial charge >= 0.3 is 0 Å². The molecule has 0 spiro atoms. The van der Waals surface area contributed by atoms with Crippen LogP contribution in [0.3, 0.4) is 0 Å². The van der Waals surface area contributed by atoms with E-state index in [9.17, 15) is 0 Å². The van der Waals surface area contributed by atoms with Gasteiger partial charge in [-0.05, 0) is 19.9 Å². The van der Waals surface area contributed by atoms with E-state index >= 15 is 0 Å². The fourth-order valence-electron chi connectivity index (χ4n) is 1.57. The topological polar surface area (TPSA) is 52.0 Å². The summed E-state index contributed by atoms with van der Waals surface area (Å²) < 4.78 is 2.10. The van der Waals surface area contributed by atoms with Gasteiger partial charge in [-0.25, -0.2) is 15.4 Å². The third-order valence-electron chi connectivity index (χ3n) is 2.26. The summed E-state index contributed by atoms with van der Waals surface area (Å²) in [5.74, 6) is 0.696. The number of aromatic nitrogens is 3. The lowest BCUT2D eigenvalue weighted by atomic mass is 10.3. The van der Waals surface area contributed by atoms with E-state index in [1.54, 1.807) is 7.11 Å². The van der Waals surface area contributed by atoms with Crippen LogP contribution in [0.5, 0.6) is 0 Å². The Hall–Kier alpha value is -1.62. The predicted octanol–water partition coefficient (Wildman–Crippen LogP) is 1.99. The van der Waals surface area contributed by atoms with E-state index < -0.39 is 0 Å². The summed E-state index contributed by atoms with van der Waals surface area (Å²) in [6.45, 7) is 4.23. The molecular weight excluding hydrogens is 192 g/mol. The summed E-state index contributed by atoms with van der Waals surface area (Å²) in [7, 11) is 1.56. The SMILES string of the molecule is CONc1ncnc2c1ccn2C(C)C. The van der Waals surface area contributed by atoms with Crippen molar-refractivity contribution in [3.05, 3.63) is 18.6 Å². The van der Waals surface area contributed by atoms with Crippen molar-refractivity contribution in [3.8, 4) is 0 Å². The van der Waals surface area contributed by atoms with E-state index in [2.05, 4.69) is 33.9 Å². The van der Waals surface area contributed by atoms with Crippen LogP contribution >= 0.6 is 0 Å². The summed E-state index contributed by atoms with van der Waals surface area (Å²) in [6.07, 6.45) is 3.54. The van der Waals surface area contributed by atoms with Gasteiger partial charge in [0, 0.05) is 12.2 Å². The molecule has 0 aliphatic heterocycles. The minimum absolute atomic E-state index is 0.382. The van der Waals surface area contributed by atoms with E-state index in [1.807, 2.05) is 12.3 Å². The zero-order valence-corrected chi connectivity index (χ0v) is 9.06. The second kappa shape index (κ2) is 3.86. The van der Waals surface area contributed by atoms with Crippen LogP contribution in [0.25, 0.3) is 11.0 Å². The zero-order chi connectivity index (χ0) is 10.8. The van der Waals surface area contributed by atoms with Crippen LogP contribution < -0.4 is 5.48 Å². The molecule has 5 heteroatoms. The predicted molar refractivity (Wildman–Crippen MR) is 58.5 cm³/mol. The Balaban J connectivity index is 2.58. The van der Waals surface area contributed by atoms with Gasteiger partial charge in [0.05, 0.1) is 12.5 Å². The smallest absolute Gasteiger partial charge is 0.162 e. The summed E-state index contributed by atoms with van der Waals surface area (Å²) in [4.78, 5) is 13.2. The molecule has 0 unspecified atom stereocenters. The first-order chi connectivity index (χ1) is 7.24. The van der Waals surface area contributed by atoms with E-state index in [0.717, 1.165) is 11.0 Å². The molecule has 80 valence electrons. The third kappa shape index (κ3) is 1.66. The van der Waals surface area contributed by atoms with Crippen molar-refractivity contribution in [2.45, 2.75) is 19.9 Å². The fraction of sp³-hybridized carbons (Fsp3) is 0.400. The molecule has 0 aliphatic carbocycles. The Morgan fingerprint density at radius 2 is 2.20 bits per heavy atom. The quantitative estimate of drug-likeness (QED) is 0.780. The van der Waals surface area contributed by atoms with E-state index in [0.29, 0.717) is 11.9 Å². The number of hydrogen-bond donors (Lipinski definition) is 1. The second-order valence-electron chi connectivity index (χ2n) is 3.58. The average molecular weight is 206 g/mol. The van der Waals surface area contributed by atoms with Crippen LogP contribution in [0, 0.1) is 0 Å². The first-order valence-corrected chi connectivity index (χ1v) is 4.84. The zero-order valence-electron chi connectivity index (χ0n) is 9.06. The molecule has 0 aliphatic rings. The highest BCUT2D eigenvalue weighted by Gasteiger charge is 2.09. The minimum Gasteiger partial charge on any atom is -0.330 e. The van der Waals surface area contributed by atoms with Gasteiger partial charge in [0.15, 0.2) is 5.82 Å². The maximum atomic E-state index is 4.86. The molecule has 15 heavy (non-hydrogen) atoms. The normalized spacial score (nSPS) is 11.2. The third-order valence-corrected chi connectivity index (χ3v) is 2.26. The van der Waals surface area contributed by atoms with Crippen molar-refractivity contribution in [2.75, 3.05) is 12.6 Å². The van der Waals surface area contributed by atoms with Crippen LogP contribution in [-0.2, 0) is 4.84 Å². The fourth-order valence-corrected chi connectivity index (χ4v) is 1.57. The van der Waals surface area contributed by atoms with E-state index in [4.69, 9.17) is 4.84 Å². The van der Waals surface area contributed by atoms with Gasteiger partial charge < -0.3 is 4.57 Å². The molecule has 0 bridgehead atoms. The van der Waals surface area contributed by atoms with Crippen molar-refractivity contribution >= 4 is 16.9 Å². The molecule has 0 saturated heterocycles. The molecule has 2 heterocycles. The average Bonchev–Trinajstić information content (AvgIpc) is 2.62. The number of fused-ring (bicyclic) bond motifs is 1. The highest BCUT2D eigenvalue weighted by molar-refractivity contribution is 5.86. The summed E-state index contributed by atoms with van der Waals surface area (Å²) in [5, 5.41) is 0.966. The molecule has 0 amide bonds. The molecule has 2 aromatic heterocycles. The van der Waals surface area contributed by atoms with Crippen molar-refractivity contribution < 1.29 is 4.84 Å². The van der Waals surface area contributed by atoms with Crippen LogP contribution in [-0.4, -0.2) is 21.6 Å². The van der Waals surface area contributed by atoms with Gasteiger partial charge in [-0.15, -0.1) is 0 Å². The maximum absolute atomic E-state index is 4.86. The Bertz CT molecular complexity index is 463. The molecule has 5 nitrogen and oxygen atoms in total. The van der Waals surface area contributed by atoms with Crippen LogP contribution in [0.4, 0.5) is 5.82 Å². The van der Waals surface area contributed by atoms with Gasteiger partial charge in [0.25, 0.3) is 0 Å². The van der Waals surface area contributed by atoms with Gasteiger partial charge in [-0.2, -0.15) is 0 Å². The van der Waals surface area contributed by atoms with Gasteiger partial charge in [-0.1, -0.05) is 0 Å². The van der Waals surface area contributed by atoms with Crippen LogP contribution in [0.1, 0.15) is 19.9 Å². The van der Waals surface area contributed by atoms with Crippen molar-refractivity contribution in [2.24, 2.45) is 0 Å². The first kappa shape index (κ1) is 9.92. The Morgan fingerprint density at radius 1 is 1.40 bits per heavy atom. The lowest BCUT2D eigenvalue weighted by molar-refractivity contribution is 0.269. The largest absolute Gasteiger partial charge is 0.330 e. The molecule has 2 rings (SSSR count). The summed E-state index contributed by atoms with van der Waals surface area (Å²) >= 11 is 0. The van der Waals surface area contributed by atoms with Crippen molar-refractivity contribution in [3.63, 3.8) is 0 Å². The minimum atomic E-state index is 0.382. The Morgan fingerprint density at radius 3 is 2.87 bits per heavy atom. The second-order valence-corrected chi connectivity index (χ2v) is 3.58. The van der Waals surface area contributed by atoms with Gasteiger partial charge in [0.2, 0.25) is 0 Å². The molecule has 0 aromatic carbocycles.